The van der Waals surface area contributed by atoms with E-state index in [0.717, 1.165) is 32.4 Å². The summed E-state index contributed by atoms with van der Waals surface area (Å²) in [6, 6.07) is 0.223. The van der Waals surface area contributed by atoms with Crippen LogP contribution in [0.2, 0.25) is 0 Å². The molecule has 1 saturated heterocycles. The molecule has 0 bridgehead atoms. The van der Waals surface area contributed by atoms with Crippen LogP contribution in [0, 0.1) is 17.0 Å². The minimum absolute atomic E-state index is 0.0850. The van der Waals surface area contributed by atoms with Crippen LogP contribution in [0.15, 0.2) is 0 Å². The van der Waals surface area contributed by atoms with E-state index >= 15 is 0 Å². The molecule has 100 valence electrons. The van der Waals surface area contributed by atoms with Crippen molar-refractivity contribution in [2.75, 3.05) is 18.4 Å². The molecule has 2 N–H and O–H groups in total. The van der Waals surface area contributed by atoms with Gasteiger partial charge in [0.15, 0.2) is 0 Å². The first-order valence-electron chi connectivity index (χ1n) is 6.25. The lowest BCUT2D eigenvalue weighted by Crippen LogP contribution is -2.31. The molecule has 0 aliphatic carbocycles. The number of nitrogens with one attached hydrogen (secondary N) is 2. The Morgan fingerprint density at radius 2 is 2.33 bits per heavy atom. The molecule has 2 rings (SSSR count). The Bertz CT molecular complexity index is 435. The van der Waals surface area contributed by atoms with Crippen LogP contribution in [0.4, 0.5) is 11.5 Å². The van der Waals surface area contributed by atoms with Gasteiger partial charge in [-0.2, -0.15) is 5.10 Å². The van der Waals surface area contributed by atoms with Crippen molar-refractivity contribution in [3.63, 3.8) is 0 Å². The van der Waals surface area contributed by atoms with E-state index in [9.17, 15) is 10.1 Å². The highest BCUT2D eigenvalue weighted by Crippen LogP contribution is 2.28. The molecule has 1 aromatic heterocycles. The first kappa shape index (κ1) is 12.8. The van der Waals surface area contributed by atoms with E-state index in [4.69, 9.17) is 0 Å². The largest absolute Gasteiger partial charge is 0.361 e. The van der Waals surface area contributed by atoms with Gasteiger partial charge in [-0.3, -0.25) is 10.1 Å². The Morgan fingerprint density at radius 3 is 3.06 bits per heavy atom. The Hall–Kier alpha value is -1.63. The maximum Gasteiger partial charge on any atom is 0.333 e. The second-order valence-corrected chi connectivity index (χ2v) is 4.70. The lowest BCUT2D eigenvalue weighted by atomic mass is 10.1. The van der Waals surface area contributed by atoms with E-state index in [1.165, 1.54) is 0 Å². The van der Waals surface area contributed by atoms with Gasteiger partial charge in [0, 0.05) is 19.6 Å². The lowest BCUT2D eigenvalue weighted by Gasteiger charge is -2.17. The van der Waals surface area contributed by atoms with Gasteiger partial charge >= 0.3 is 5.69 Å². The van der Waals surface area contributed by atoms with Gasteiger partial charge < -0.3 is 10.6 Å². The molecule has 0 aromatic carbocycles. The topological polar surface area (TPSA) is 85.0 Å². The third kappa shape index (κ3) is 2.61. The number of aryl methyl sites for hydroxylation is 2. The summed E-state index contributed by atoms with van der Waals surface area (Å²) in [6.07, 6.45) is 3.31. The van der Waals surface area contributed by atoms with Crippen molar-refractivity contribution in [1.82, 2.24) is 15.1 Å². The molecule has 7 heteroatoms. The molecule has 1 aromatic rings. The van der Waals surface area contributed by atoms with Gasteiger partial charge in [0.2, 0.25) is 5.82 Å². The van der Waals surface area contributed by atoms with Crippen LogP contribution in [0.1, 0.15) is 25.0 Å². The van der Waals surface area contributed by atoms with Crippen molar-refractivity contribution in [2.45, 2.75) is 32.2 Å². The molecule has 0 radical (unpaired) electrons. The molecule has 1 atom stereocenters. The molecule has 0 spiro atoms. The molecule has 7 nitrogen and oxygen atoms in total. The number of hydrogen-bond donors (Lipinski definition) is 2. The molecule has 2 heterocycles. The average Bonchev–Trinajstić information content (AvgIpc) is 2.51. The molecule has 1 unspecified atom stereocenters. The highest BCUT2D eigenvalue weighted by Gasteiger charge is 2.26. The monoisotopic (exact) mass is 253 g/mol. The van der Waals surface area contributed by atoms with Crippen LogP contribution in [0.5, 0.6) is 0 Å². The SMILES string of the molecule is Cc1nn(C)c(NC2CCCCNC2)c1[N+](=O)[O-]. The summed E-state index contributed by atoms with van der Waals surface area (Å²) in [5.41, 5.74) is 0.535. The number of aromatic nitrogens is 2. The minimum atomic E-state index is -0.366. The quantitative estimate of drug-likeness (QED) is 0.624. The molecule has 0 amide bonds. The molecule has 1 aliphatic heterocycles. The van der Waals surface area contributed by atoms with Crippen LogP contribution >= 0.6 is 0 Å². The zero-order chi connectivity index (χ0) is 13.1. The average molecular weight is 253 g/mol. The molecule has 1 aliphatic rings. The highest BCUT2D eigenvalue weighted by atomic mass is 16.6. The van der Waals surface area contributed by atoms with E-state index < -0.39 is 0 Å². The van der Waals surface area contributed by atoms with Crippen molar-refractivity contribution in [1.29, 1.82) is 0 Å². The number of rotatable bonds is 3. The second-order valence-electron chi connectivity index (χ2n) is 4.70. The third-order valence-corrected chi connectivity index (χ3v) is 3.26. The Labute approximate surface area is 106 Å². The van der Waals surface area contributed by atoms with Crippen LogP contribution in [0.25, 0.3) is 0 Å². The fourth-order valence-electron chi connectivity index (χ4n) is 2.36. The number of nitrogens with zero attached hydrogens (tertiary/aromatic N) is 3. The molecule has 1 fully saturated rings. The number of nitro groups is 1. The van der Waals surface area contributed by atoms with Crippen LogP contribution in [0.3, 0.4) is 0 Å². The maximum atomic E-state index is 11.1. The second kappa shape index (κ2) is 5.34. The van der Waals surface area contributed by atoms with Gasteiger partial charge in [-0.25, -0.2) is 4.68 Å². The first-order valence-corrected chi connectivity index (χ1v) is 6.25. The van der Waals surface area contributed by atoms with E-state index in [0.29, 0.717) is 11.5 Å². The number of hydrogen-bond acceptors (Lipinski definition) is 5. The first-order chi connectivity index (χ1) is 8.59. The van der Waals surface area contributed by atoms with Crippen molar-refractivity contribution in [3.05, 3.63) is 15.8 Å². The molecule has 18 heavy (non-hydrogen) atoms. The van der Waals surface area contributed by atoms with Gasteiger partial charge in [0.25, 0.3) is 0 Å². The fourth-order valence-corrected chi connectivity index (χ4v) is 2.36. The fraction of sp³-hybridized carbons (Fsp3) is 0.727. The maximum absolute atomic E-state index is 11.1. The summed E-state index contributed by atoms with van der Waals surface area (Å²) in [6.45, 7) is 3.51. The zero-order valence-electron chi connectivity index (χ0n) is 10.8. The Kier molecular flexibility index (Phi) is 3.81. The smallest absolute Gasteiger partial charge is 0.333 e. The predicted octanol–water partition coefficient (Wildman–Crippen LogP) is 1.19. The minimum Gasteiger partial charge on any atom is -0.361 e. The van der Waals surface area contributed by atoms with Crippen molar-refractivity contribution in [3.8, 4) is 0 Å². The Morgan fingerprint density at radius 1 is 1.56 bits per heavy atom. The van der Waals surface area contributed by atoms with E-state index in [2.05, 4.69) is 15.7 Å². The van der Waals surface area contributed by atoms with Crippen molar-refractivity contribution < 1.29 is 4.92 Å². The van der Waals surface area contributed by atoms with Gasteiger partial charge in [-0.1, -0.05) is 6.42 Å². The summed E-state index contributed by atoms with van der Waals surface area (Å²) >= 11 is 0. The van der Waals surface area contributed by atoms with E-state index in [1.54, 1.807) is 18.7 Å². The summed E-state index contributed by atoms with van der Waals surface area (Å²) in [4.78, 5) is 10.7. The molecule has 0 saturated carbocycles. The Balaban J connectivity index is 2.19. The highest BCUT2D eigenvalue weighted by molar-refractivity contribution is 5.59. The summed E-state index contributed by atoms with van der Waals surface area (Å²) in [7, 11) is 1.73. The van der Waals surface area contributed by atoms with Crippen LogP contribution < -0.4 is 10.6 Å². The summed E-state index contributed by atoms with van der Waals surface area (Å²) in [5.74, 6) is 0.506. The molecular formula is C11H19N5O2. The van der Waals surface area contributed by atoms with Crippen molar-refractivity contribution >= 4 is 11.5 Å². The van der Waals surface area contributed by atoms with E-state index in [-0.39, 0.29) is 16.7 Å². The lowest BCUT2D eigenvalue weighted by molar-refractivity contribution is -0.384. The summed E-state index contributed by atoms with van der Waals surface area (Å²) < 4.78 is 1.55. The van der Waals surface area contributed by atoms with Gasteiger partial charge in [-0.05, 0) is 26.3 Å². The summed E-state index contributed by atoms with van der Waals surface area (Å²) in [5, 5.41) is 21.8. The number of anilines is 1. The molecular weight excluding hydrogens is 234 g/mol. The van der Waals surface area contributed by atoms with Crippen LogP contribution in [-0.4, -0.2) is 33.8 Å². The van der Waals surface area contributed by atoms with E-state index in [1.807, 2.05) is 0 Å². The zero-order valence-corrected chi connectivity index (χ0v) is 10.8. The van der Waals surface area contributed by atoms with Crippen LogP contribution in [-0.2, 0) is 7.05 Å². The predicted molar refractivity (Wildman–Crippen MR) is 68.7 cm³/mol. The van der Waals surface area contributed by atoms with Gasteiger partial charge in [0.1, 0.15) is 5.69 Å². The van der Waals surface area contributed by atoms with Gasteiger partial charge in [0.05, 0.1) is 4.92 Å². The standard InChI is InChI=1S/C11H19N5O2/c1-8-10(16(17)18)11(15(2)14-8)13-9-5-3-4-6-12-7-9/h9,12-13H,3-7H2,1-2H3. The normalized spacial score (nSPS) is 20.4. The van der Waals surface area contributed by atoms with Crippen molar-refractivity contribution in [2.24, 2.45) is 7.05 Å². The third-order valence-electron chi connectivity index (χ3n) is 3.26. The van der Waals surface area contributed by atoms with Gasteiger partial charge in [-0.15, -0.1) is 0 Å².